The van der Waals surface area contributed by atoms with Gasteiger partial charge >= 0.3 is 0 Å². The van der Waals surface area contributed by atoms with Crippen LogP contribution < -0.4 is 5.32 Å². The van der Waals surface area contributed by atoms with Crippen LogP contribution in [-0.4, -0.2) is 16.5 Å². The molecule has 0 amide bonds. The summed E-state index contributed by atoms with van der Waals surface area (Å²) in [6, 6.07) is 3.75. The highest BCUT2D eigenvalue weighted by Crippen LogP contribution is 2.27. The highest BCUT2D eigenvalue weighted by molar-refractivity contribution is 7.14. The molecule has 16 heavy (non-hydrogen) atoms. The van der Waals surface area contributed by atoms with E-state index >= 15 is 0 Å². The molecule has 0 radical (unpaired) electrons. The first-order valence-electron chi connectivity index (χ1n) is 5.11. The summed E-state index contributed by atoms with van der Waals surface area (Å²) >= 11 is 7.42. The Morgan fingerprint density at radius 2 is 2.38 bits per heavy atom. The number of anilines is 1. The molecule has 0 fully saturated rings. The zero-order valence-corrected chi connectivity index (χ0v) is 10.5. The van der Waals surface area contributed by atoms with Gasteiger partial charge in [-0.25, -0.2) is 9.97 Å². The van der Waals surface area contributed by atoms with E-state index in [4.69, 9.17) is 11.6 Å². The quantitative estimate of drug-likeness (QED) is 0.903. The molecule has 1 N–H and O–H groups in total. The molecule has 2 heterocycles. The van der Waals surface area contributed by atoms with Crippen molar-refractivity contribution in [3.05, 3.63) is 28.7 Å². The molecule has 5 heteroatoms. The van der Waals surface area contributed by atoms with Crippen LogP contribution in [-0.2, 0) is 0 Å². The van der Waals surface area contributed by atoms with E-state index in [2.05, 4.69) is 22.2 Å². The van der Waals surface area contributed by atoms with Crippen molar-refractivity contribution in [3.8, 4) is 10.7 Å². The van der Waals surface area contributed by atoms with Crippen molar-refractivity contribution in [2.75, 3.05) is 11.9 Å². The van der Waals surface area contributed by atoms with E-state index < -0.39 is 0 Å². The monoisotopic (exact) mass is 253 g/mol. The molecule has 0 bridgehead atoms. The maximum absolute atomic E-state index is 5.87. The Hall–Kier alpha value is -1.13. The molecule has 0 saturated carbocycles. The summed E-state index contributed by atoms with van der Waals surface area (Å²) in [5.41, 5.74) is 0. The summed E-state index contributed by atoms with van der Waals surface area (Å²) < 4.78 is 0. The summed E-state index contributed by atoms with van der Waals surface area (Å²) in [5.74, 6) is 1.58. The number of halogens is 1. The minimum absolute atomic E-state index is 0.720. The molecular weight excluding hydrogens is 242 g/mol. The summed E-state index contributed by atoms with van der Waals surface area (Å²) in [5, 5.41) is 5.85. The molecule has 2 rings (SSSR count). The van der Waals surface area contributed by atoms with E-state index in [9.17, 15) is 0 Å². The number of hydrogen-bond acceptors (Lipinski definition) is 4. The Balaban J connectivity index is 2.22. The molecule has 0 atom stereocenters. The third kappa shape index (κ3) is 2.71. The van der Waals surface area contributed by atoms with E-state index in [0.717, 1.165) is 34.5 Å². The van der Waals surface area contributed by atoms with E-state index in [0.29, 0.717) is 0 Å². The van der Waals surface area contributed by atoms with Crippen molar-refractivity contribution in [2.24, 2.45) is 0 Å². The zero-order valence-electron chi connectivity index (χ0n) is 8.90. The lowest BCUT2D eigenvalue weighted by Gasteiger charge is -2.04. The second-order valence-corrected chi connectivity index (χ2v) is 4.67. The summed E-state index contributed by atoms with van der Waals surface area (Å²) in [4.78, 5) is 9.65. The first kappa shape index (κ1) is 11.4. The molecule has 0 aliphatic carbocycles. The Kier molecular flexibility index (Phi) is 3.74. The van der Waals surface area contributed by atoms with Crippen LogP contribution >= 0.6 is 22.9 Å². The lowest BCUT2D eigenvalue weighted by atomic mass is 10.4. The highest BCUT2D eigenvalue weighted by atomic mass is 35.5. The Morgan fingerprint density at radius 1 is 1.50 bits per heavy atom. The molecule has 0 unspecified atom stereocenters. The maximum atomic E-state index is 5.87. The standard InChI is InChI=1S/C11H12ClN3S/c1-2-4-13-10-3-5-14-11(15-10)9-6-8(12)7-16-9/h3,5-7H,2,4H2,1H3,(H,13,14,15). The molecule has 0 saturated heterocycles. The topological polar surface area (TPSA) is 37.8 Å². The summed E-state index contributed by atoms with van der Waals surface area (Å²) in [7, 11) is 0. The second kappa shape index (κ2) is 5.27. The molecule has 0 aliphatic heterocycles. The normalized spacial score (nSPS) is 10.4. The van der Waals surface area contributed by atoms with Crippen molar-refractivity contribution in [1.29, 1.82) is 0 Å². The van der Waals surface area contributed by atoms with Crippen molar-refractivity contribution >= 4 is 28.8 Å². The SMILES string of the molecule is CCCNc1ccnc(-c2cc(Cl)cs2)n1. The number of hydrogen-bond donors (Lipinski definition) is 1. The van der Waals surface area contributed by atoms with Crippen LogP contribution in [0.25, 0.3) is 10.7 Å². The maximum Gasteiger partial charge on any atom is 0.171 e. The van der Waals surface area contributed by atoms with Crippen LogP contribution in [0.1, 0.15) is 13.3 Å². The van der Waals surface area contributed by atoms with Crippen LogP contribution in [0.4, 0.5) is 5.82 Å². The van der Waals surface area contributed by atoms with Gasteiger partial charge in [0, 0.05) is 18.1 Å². The molecule has 3 nitrogen and oxygen atoms in total. The number of rotatable bonds is 4. The molecule has 84 valence electrons. The fourth-order valence-electron chi connectivity index (χ4n) is 1.26. The molecule has 0 aliphatic rings. The highest BCUT2D eigenvalue weighted by Gasteiger charge is 2.05. The van der Waals surface area contributed by atoms with Gasteiger partial charge in [-0.05, 0) is 18.6 Å². The fourth-order valence-corrected chi connectivity index (χ4v) is 2.27. The van der Waals surface area contributed by atoms with Crippen LogP contribution in [0.3, 0.4) is 0 Å². The lowest BCUT2D eigenvalue weighted by molar-refractivity contribution is 0.966. The minimum Gasteiger partial charge on any atom is -0.370 e. The average molecular weight is 254 g/mol. The molecule has 2 aromatic rings. The smallest absolute Gasteiger partial charge is 0.171 e. The fraction of sp³-hybridized carbons (Fsp3) is 0.273. The Morgan fingerprint density at radius 3 is 3.06 bits per heavy atom. The van der Waals surface area contributed by atoms with Crippen molar-refractivity contribution in [3.63, 3.8) is 0 Å². The van der Waals surface area contributed by atoms with Gasteiger partial charge in [-0.15, -0.1) is 11.3 Å². The molecule has 2 aromatic heterocycles. The van der Waals surface area contributed by atoms with E-state index in [1.807, 2.05) is 17.5 Å². The van der Waals surface area contributed by atoms with E-state index in [-0.39, 0.29) is 0 Å². The largest absolute Gasteiger partial charge is 0.370 e. The van der Waals surface area contributed by atoms with Gasteiger partial charge < -0.3 is 5.32 Å². The van der Waals surface area contributed by atoms with Gasteiger partial charge in [0.1, 0.15) is 5.82 Å². The number of thiophene rings is 1. The van der Waals surface area contributed by atoms with Gasteiger partial charge in [-0.2, -0.15) is 0 Å². The third-order valence-electron chi connectivity index (χ3n) is 2.00. The average Bonchev–Trinajstić information content (AvgIpc) is 2.74. The van der Waals surface area contributed by atoms with Gasteiger partial charge in [0.2, 0.25) is 0 Å². The zero-order chi connectivity index (χ0) is 11.4. The molecular formula is C11H12ClN3S. The third-order valence-corrected chi connectivity index (χ3v) is 3.27. The van der Waals surface area contributed by atoms with Crippen LogP contribution in [0.2, 0.25) is 5.02 Å². The molecule has 0 spiro atoms. The van der Waals surface area contributed by atoms with Crippen LogP contribution in [0, 0.1) is 0 Å². The predicted octanol–water partition coefficient (Wildman–Crippen LogP) is 3.68. The number of nitrogens with zero attached hydrogens (tertiary/aromatic N) is 2. The van der Waals surface area contributed by atoms with Gasteiger partial charge in [-0.1, -0.05) is 18.5 Å². The Labute approximate surface area is 104 Å². The number of aromatic nitrogens is 2. The first-order valence-corrected chi connectivity index (χ1v) is 6.36. The van der Waals surface area contributed by atoms with Crippen LogP contribution in [0.5, 0.6) is 0 Å². The molecule has 0 aromatic carbocycles. The van der Waals surface area contributed by atoms with Gasteiger partial charge in [0.25, 0.3) is 0 Å². The van der Waals surface area contributed by atoms with Crippen LogP contribution in [0.15, 0.2) is 23.7 Å². The van der Waals surface area contributed by atoms with Crippen molar-refractivity contribution < 1.29 is 0 Å². The summed E-state index contributed by atoms with van der Waals surface area (Å²) in [6.45, 7) is 3.04. The lowest BCUT2D eigenvalue weighted by Crippen LogP contribution is -2.02. The van der Waals surface area contributed by atoms with E-state index in [1.54, 1.807) is 17.5 Å². The second-order valence-electron chi connectivity index (χ2n) is 3.32. The van der Waals surface area contributed by atoms with Gasteiger partial charge in [-0.3, -0.25) is 0 Å². The van der Waals surface area contributed by atoms with Crippen molar-refractivity contribution in [2.45, 2.75) is 13.3 Å². The minimum atomic E-state index is 0.720. The van der Waals surface area contributed by atoms with Crippen molar-refractivity contribution in [1.82, 2.24) is 9.97 Å². The predicted molar refractivity (Wildman–Crippen MR) is 69.1 cm³/mol. The number of nitrogens with one attached hydrogen (secondary N) is 1. The van der Waals surface area contributed by atoms with E-state index in [1.165, 1.54) is 0 Å². The van der Waals surface area contributed by atoms with Gasteiger partial charge in [0.15, 0.2) is 5.82 Å². The van der Waals surface area contributed by atoms with Gasteiger partial charge in [0.05, 0.1) is 9.90 Å². The first-order chi connectivity index (χ1) is 7.79. The Bertz CT molecular complexity index is 470. The summed E-state index contributed by atoms with van der Waals surface area (Å²) in [6.07, 6.45) is 2.83.